The molecule has 0 unspecified atom stereocenters. The molecule has 1 aliphatic heterocycles. The van der Waals surface area contributed by atoms with Crippen LogP contribution in [0.3, 0.4) is 0 Å². The first kappa shape index (κ1) is 34.6. The van der Waals surface area contributed by atoms with Crippen LogP contribution >= 0.6 is 0 Å². The number of aromatic nitrogens is 2. The molecule has 0 radical (unpaired) electrons. The van der Waals surface area contributed by atoms with Crippen LogP contribution in [-0.4, -0.2) is 16.6 Å². The Kier molecular flexibility index (Phi) is 8.84. The van der Waals surface area contributed by atoms with Gasteiger partial charge in [0.2, 0.25) is 0 Å². The van der Waals surface area contributed by atoms with Gasteiger partial charge in [0.1, 0.15) is 5.82 Å². The molecule has 0 saturated heterocycles. The van der Waals surface area contributed by atoms with Crippen LogP contribution in [0.4, 0.5) is 17.1 Å². The van der Waals surface area contributed by atoms with E-state index in [4.69, 9.17) is 9.72 Å². The van der Waals surface area contributed by atoms with Crippen molar-refractivity contribution in [2.75, 3.05) is 16.8 Å². The minimum atomic E-state index is -0.104. The number of anilines is 3. The first-order valence-corrected chi connectivity index (χ1v) is 17.2. The summed E-state index contributed by atoms with van der Waals surface area (Å²) in [6, 6.07) is 45.6. The molecule has 5 nitrogen and oxygen atoms in total. The summed E-state index contributed by atoms with van der Waals surface area (Å²) in [5, 5.41) is 2.23. The second-order valence-electron chi connectivity index (χ2n) is 15.2. The van der Waals surface area contributed by atoms with Crippen molar-refractivity contribution in [3.05, 3.63) is 145 Å². The van der Waals surface area contributed by atoms with Gasteiger partial charge in [-0.05, 0) is 70.3 Å². The van der Waals surface area contributed by atoms with Gasteiger partial charge in [0.15, 0.2) is 0 Å². The van der Waals surface area contributed by atoms with Crippen molar-refractivity contribution in [3.63, 3.8) is 0 Å². The Morgan fingerprint density at radius 3 is 2.12 bits per heavy atom. The Morgan fingerprint density at radius 2 is 1.37 bits per heavy atom. The van der Waals surface area contributed by atoms with E-state index in [1.807, 2.05) is 12.3 Å². The normalized spacial score (nSPS) is 13.1. The third kappa shape index (κ3) is 6.45. The summed E-state index contributed by atoms with van der Waals surface area (Å²) in [7, 11) is 2.07. The fourth-order valence-electron chi connectivity index (χ4n) is 6.76. The van der Waals surface area contributed by atoms with Gasteiger partial charge in [-0.15, -0.1) is 47.0 Å². The molecule has 0 amide bonds. The monoisotopic (exact) mass is 848 g/mol. The summed E-state index contributed by atoms with van der Waals surface area (Å²) < 4.78 is 8.91. The number of ether oxygens (including phenoxy) is 1. The second-order valence-corrected chi connectivity index (χ2v) is 15.2. The molecule has 51 heavy (non-hydrogen) atoms. The largest absolute Gasteiger partial charge is 0.509 e. The number of benzene rings is 5. The van der Waals surface area contributed by atoms with Gasteiger partial charge in [0.25, 0.3) is 0 Å². The standard InChI is InChI=1S/C45H41N4O.Pt/c1-44(2,3)32-21-22-46-43(26-32)49-39-20-17-31(30-13-9-8-10-14-30)23-38(39)37-19-18-35(28-42(37)49)50-36-25-33(45(4,5)6)24-34(27-36)48-29-47(7)40-15-11-12-16-41(40)48;/h8-26,29H,1-7H3;/q-3;. The summed E-state index contributed by atoms with van der Waals surface area (Å²) in [6.45, 7) is 15.5. The van der Waals surface area contributed by atoms with Gasteiger partial charge < -0.3 is 19.1 Å². The molecule has 0 bridgehead atoms. The molecule has 0 saturated carbocycles. The van der Waals surface area contributed by atoms with Crippen molar-refractivity contribution in [1.82, 2.24) is 9.55 Å². The first-order valence-electron chi connectivity index (χ1n) is 17.2. The maximum Gasteiger partial charge on any atom is 0.135 e. The molecule has 3 heterocycles. The minimum Gasteiger partial charge on any atom is -0.509 e. The van der Waals surface area contributed by atoms with E-state index in [9.17, 15) is 0 Å². The fourth-order valence-corrected chi connectivity index (χ4v) is 6.76. The van der Waals surface area contributed by atoms with Crippen molar-refractivity contribution in [2.45, 2.75) is 52.4 Å². The van der Waals surface area contributed by atoms with Crippen LogP contribution in [0.15, 0.2) is 115 Å². The number of pyridine rings is 1. The molecule has 0 N–H and O–H groups in total. The van der Waals surface area contributed by atoms with E-state index in [2.05, 4.69) is 185 Å². The molecule has 8 rings (SSSR count). The van der Waals surface area contributed by atoms with Gasteiger partial charge in [-0.1, -0.05) is 102 Å². The molecular weight excluding hydrogens is 808 g/mol. The Morgan fingerprint density at radius 1 is 0.647 bits per heavy atom. The summed E-state index contributed by atoms with van der Waals surface area (Å²) in [6.07, 6.45) is 1.91. The Bertz CT molecular complexity index is 2380. The smallest absolute Gasteiger partial charge is 0.135 e. The van der Waals surface area contributed by atoms with Gasteiger partial charge in [-0.3, -0.25) is 0 Å². The SMILES string of the molecule is CN1[CH-]N(c2[c-]c(Oc3[c-]c4c(cc3)c3cc(-c5ccccc5)ccc3n4-c3cc(C(C)(C)C)ccn3)cc(C(C)(C)C)c2)c2ccccc21.[Pt]. The predicted molar refractivity (Wildman–Crippen MR) is 207 cm³/mol. The zero-order valence-corrected chi connectivity index (χ0v) is 32.3. The van der Waals surface area contributed by atoms with Crippen LogP contribution in [0.25, 0.3) is 38.8 Å². The topological polar surface area (TPSA) is 33.5 Å². The number of hydrogen-bond acceptors (Lipinski definition) is 4. The molecule has 0 aliphatic carbocycles. The molecule has 0 fully saturated rings. The molecule has 0 atom stereocenters. The molecule has 5 aromatic carbocycles. The van der Waals surface area contributed by atoms with Crippen LogP contribution in [0.2, 0.25) is 0 Å². The predicted octanol–water partition coefficient (Wildman–Crippen LogP) is 11.5. The van der Waals surface area contributed by atoms with Crippen molar-refractivity contribution >= 4 is 38.9 Å². The molecule has 0 spiro atoms. The maximum atomic E-state index is 6.70. The molecule has 1 aliphatic rings. The molecule has 6 heteroatoms. The van der Waals surface area contributed by atoms with E-state index in [0.29, 0.717) is 11.5 Å². The molecule has 2 aromatic heterocycles. The quantitative estimate of drug-likeness (QED) is 0.162. The number of fused-ring (bicyclic) bond motifs is 4. The Balaban J connectivity index is 0.00000406. The number of nitrogens with zero attached hydrogens (tertiary/aromatic N) is 4. The number of hydrogen-bond donors (Lipinski definition) is 0. The van der Waals surface area contributed by atoms with E-state index >= 15 is 0 Å². The fraction of sp³-hybridized carbons (Fsp3) is 0.200. The zero-order chi connectivity index (χ0) is 34.8. The van der Waals surface area contributed by atoms with Gasteiger partial charge in [-0.2, -0.15) is 12.7 Å². The van der Waals surface area contributed by atoms with Crippen LogP contribution in [0.5, 0.6) is 11.5 Å². The van der Waals surface area contributed by atoms with Crippen molar-refractivity contribution < 1.29 is 25.8 Å². The Labute approximate surface area is 315 Å². The third-order valence-corrected chi connectivity index (χ3v) is 9.58. The summed E-state index contributed by atoms with van der Waals surface area (Å²) in [5.74, 6) is 2.12. The van der Waals surface area contributed by atoms with Gasteiger partial charge in [0, 0.05) is 55.7 Å². The maximum absolute atomic E-state index is 6.70. The van der Waals surface area contributed by atoms with E-state index in [1.165, 1.54) is 16.7 Å². The number of para-hydroxylation sites is 2. The molecule has 7 aromatic rings. The van der Waals surface area contributed by atoms with Crippen molar-refractivity contribution in [3.8, 4) is 28.4 Å². The van der Waals surface area contributed by atoms with Crippen LogP contribution in [0.1, 0.15) is 52.7 Å². The van der Waals surface area contributed by atoms with Crippen molar-refractivity contribution in [1.29, 1.82) is 0 Å². The minimum absolute atomic E-state index is 0. The third-order valence-electron chi connectivity index (χ3n) is 9.58. The summed E-state index contributed by atoms with van der Waals surface area (Å²) >= 11 is 0. The number of rotatable bonds is 5. The van der Waals surface area contributed by atoms with Crippen LogP contribution in [-0.2, 0) is 31.9 Å². The van der Waals surface area contributed by atoms with Gasteiger partial charge in [0.05, 0.1) is 0 Å². The Hall–Kier alpha value is -4.86. The van der Waals surface area contributed by atoms with Gasteiger partial charge >= 0.3 is 0 Å². The van der Waals surface area contributed by atoms with E-state index in [0.717, 1.165) is 50.2 Å². The van der Waals surface area contributed by atoms with E-state index < -0.39 is 0 Å². The molecular formula is C45H41N4OPt-3. The summed E-state index contributed by atoms with van der Waals surface area (Å²) in [5.41, 5.74) is 9.77. The van der Waals surface area contributed by atoms with Crippen LogP contribution < -0.4 is 14.5 Å². The van der Waals surface area contributed by atoms with E-state index in [1.54, 1.807) is 0 Å². The van der Waals surface area contributed by atoms with E-state index in [-0.39, 0.29) is 31.9 Å². The second kappa shape index (κ2) is 13.0. The first-order chi connectivity index (χ1) is 23.9. The average molecular weight is 849 g/mol. The zero-order valence-electron chi connectivity index (χ0n) is 30.1. The van der Waals surface area contributed by atoms with Gasteiger partial charge in [-0.25, -0.2) is 4.98 Å². The van der Waals surface area contributed by atoms with Crippen LogP contribution in [0, 0.1) is 18.8 Å². The molecule has 260 valence electrons. The summed E-state index contributed by atoms with van der Waals surface area (Å²) in [4.78, 5) is 9.21. The average Bonchev–Trinajstić information content (AvgIpc) is 3.61. The van der Waals surface area contributed by atoms with Crippen molar-refractivity contribution in [2.24, 2.45) is 0 Å².